The fourth-order valence-electron chi connectivity index (χ4n) is 2.08. The number of thioether (sulfide) groups is 1. The van der Waals surface area contributed by atoms with Crippen LogP contribution in [0.1, 0.15) is 12.5 Å². The summed E-state index contributed by atoms with van der Waals surface area (Å²) < 4.78 is 10.8. The number of amides is 1. The maximum Gasteiger partial charge on any atom is 0.326 e. The number of aliphatic carboxylic acids is 1. The van der Waals surface area contributed by atoms with Gasteiger partial charge in [-0.05, 0) is 30.7 Å². The van der Waals surface area contributed by atoms with Gasteiger partial charge in [0.05, 0.1) is 4.91 Å². The molecule has 0 aromatic heterocycles. The number of nitrogens with zero attached hydrogens (tertiary/aromatic N) is 1. The Balaban J connectivity index is 1.88. The van der Waals surface area contributed by atoms with E-state index >= 15 is 0 Å². The van der Waals surface area contributed by atoms with Crippen molar-refractivity contribution in [1.82, 2.24) is 4.90 Å². The minimum absolute atomic E-state index is 0.178. The first-order valence-corrected chi connectivity index (χ1v) is 7.59. The van der Waals surface area contributed by atoms with Crippen LogP contribution in [-0.2, 0) is 9.59 Å². The monoisotopic (exact) mass is 337 g/mol. The first kappa shape index (κ1) is 14.9. The molecule has 1 amide bonds. The number of benzene rings is 1. The van der Waals surface area contributed by atoms with Crippen LogP contribution in [0.3, 0.4) is 0 Å². The number of hydrogen-bond donors (Lipinski definition) is 1. The van der Waals surface area contributed by atoms with Crippen molar-refractivity contribution < 1.29 is 24.2 Å². The lowest BCUT2D eigenvalue weighted by Crippen LogP contribution is -2.41. The molecule has 0 radical (unpaired) electrons. The lowest BCUT2D eigenvalue weighted by Gasteiger charge is -2.18. The zero-order chi connectivity index (χ0) is 15.9. The molecule has 114 valence electrons. The Labute approximate surface area is 135 Å². The van der Waals surface area contributed by atoms with Crippen LogP contribution in [-0.4, -0.2) is 39.0 Å². The van der Waals surface area contributed by atoms with Gasteiger partial charge in [0.2, 0.25) is 6.79 Å². The van der Waals surface area contributed by atoms with Gasteiger partial charge in [0.15, 0.2) is 11.5 Å². The smallest absolute Gasteiger partial charge is 0.326 e. The van der Waals surface area contributed by atoms with Crippen LogP contribution in [0, 0.1) is 0 Å². The van der Waals surface area contributed by atoms with Crippen molar-refractivity contribution in [3.63, 3.8) is 0 Å². The van der Waals surface area contributed by atoms with Crippen molar-refractivity contribution in [2.75, 3.05) is 6.79 Å². The van der Waals surface area contributed by atoms with E-state index in [4.69, 9.17) is 26.8 Å². The molecule has 1 N–H and O–H groups in total. The third-order valence-corrected chi connectivity index (χ3v) is 4.59. The van der Waals surface area contributed by atoms with Crippen LogP contribution in [0.2, 0.25) is 0 Å². The molecule has 2 aliphatic rings. The lowest BCUT2D eigenvalue weighted by atomic mass is 10.2. The molecule has 2 aliphatic heterocycles. The Kier molecular flexibility index (Phi) is 3.79. The van der Waals surface area contributed by atoms with E-state index in [9.17, 15) is 9.59 Å². The van der Waals surface area contributed by atoms with E-state index in [1.54, 1.807) is 24.3 Å². The summed E-state index contributed by atoms with van der Waals surface area (Å²) in [6, 6.07) is 4.32. The number of thiocarbonyl (C=S) groups is 1. The quantitative estimate of drug-likeness (QED) is 0.668. The summed E-state index contributed by atoms with van der Waals surface area (Å²) in [5.74, 6) is -0.226. The summed E-state index contributed by atoms with van der Waals surface area (Å²) in [5.41, 5.74) is 0.757. The predicted molar refractivity (Wildman–Crippen MR) is 84.7 cm³/mol. The second-order valence-electron chi connectivity index (χ2n) is 4.68. The van der Waals surface area contributed by atoms with Gasteiger partial charge < -0.3 is 14.6 Å². The highest BCUT2D eigenvalue weighted by Crippen LogP contribution is 2.37. The van der Waals surface area contributed by atoms with Crippen molar-refractivity contribution in [3.05, 3.63) is 28.7 Å². The second-order valence-corrected chi connectivity index (χ2v) is 6.35. The van der Waals surface area contributed by atoms with Crippen LogP contribution in [0.5, 0.6) is 11.5 Å². The van der Waals surface area contributed by atoms with E-state index in [0.717, 1.165) is 22.2 Å². The fraction of sp³-hybridized carbons (Fsp3) is 0.214. The van der Waals surface area contributed by atoms with Crippen molar-refractivity contribution in [2.45, 2.75) is 13.0 Å². The Morgan fingerprint density at radius 1 is 1.45 bits per heavy atom. The Hall–Kier alpha value is -2.06. The van der Waals surface area contributed by atoms with E-state index in [-0.39, 0.29) is 11.1 Å². The van der Waals surface area contributed by atoms with Crippen LogP contribution in [0.15, 0.2) is 23.1 Å². The maximum atomic E-state index is 12.3. The average Bonchev–Trinajstić information content (AvgIpc) is 3.03. The minimum Gasteiger partial charge on any atom is -0.480 e. The normalized spacial score (nSPS) is 19.9. The Morgan fingerprint density at radius 2 is 2.18 bits per heavy atom. The standard InChI is InChI=1S/C14H11NO5S2/c1-7(13(17)18)15-12(16)11(22-14(15)21)5-8-2-3-9-10(4-8)20-6-19-9/h2-5,7H,6H2,1H3,(H,17,18)/b11-5+/t7-/m0/s1. The molecule has 2 heterocycles. The topological polar surface area (TPSA) is 76.1 Å². The van der Waals surface area contributed by atoms with Crippen molar-refractivity contribution in [3.8, 4) is 11.5 Å². The number of fused-ring (bicyclic) bond motifs is 1. The predicted octanol–water partition coefficient (Wildman–Crippen LogP) is 2.09. The largest absolute Gasteiger partial charge is 0.480 e. The third kappa shape index (κ3) is 2.55. The van der Waals surface area contributed by atoms with E-state index in [0.29, 0.717) is 16.4 Å². The number of rotatable bonds is 3. The second kappa shape index (κ2) is 5.62. The van der Waals surface area contributed by atoms with Crippen LogP contribution < -0.4 is 9.47 Å². The van der Waals surface area contributed by atoms with Crippen LogP contribution in [0.25, 0.3) is 6.08 Å². The molecule has 0 aliphatic carbocycles. The van der Waals surface area contributed by atoms with Gasteiger partial charge in [0, 0.05) is 0 Å². The molecule has 22 heavy (non-hydrogen) atoms. The highest BCUT2D eigenvalue weighted by Gasteiger charge is 2.38. The molecule has 0 unspecified atom stereocenters. The van der Waals surface area contributed by atoms with E-state index in [1.807, 2.05) is 0 Å². The molecule has 0 saturated carbocycles. The third-order valence-electron chi connectivity index (χ3n) is 3.26. The molecule has 1 fully saturated rings. The molecule has 1 aromatic carbocycles. The van der Waals surface area contributed by atoms with E-state index in [1.165, 1.54) is 6.92 Å². The number of carboxylic acids is 1. The number of carboxylic acid groups (broad SMARTS) is 1. The van der Waals surface area contributed by atoms with Crippen LogP contribution >= 0.6 is 24.0 Å². The van der Waals surface area contributed by atoms with Crippen molar-refractivity contribution >= 4 is 46.3 Å². The molecular formula is C14H11NO5S2. The molecule has 1 saturated heterocycles. The first-order chi connectivity index (χ1) is 10.5. The minimum atomic E-state index is -1.10. The summed E-state index contributed by atoms with van der Waals surface area (Å²) in [6.45, 7) is 1.60. The van der Waals surface area contributed by atoms with Crippen molar-refractivity contribution in [1.29, 1.82) is 0 Å². The van der Waals surface area contributed by atoms with Gasteiger partial charge in [0.25, 0.3) is 5.91 Å². The van der Waals surface area contributed by atoms with Gasteiger partial charge in [-0.15, -0.1) is 0 Å². The summed E-state index contributed by atoms with van der Waals surface area (Å²) in [5, 5.41) is 9.05. The lowest BCUT2D eigenvalue weighted by molar-refractivity contribution is -0.144. The summed E-state index contributed by atoms with van der Waals surface area (Å²) >= 11 is 6.19. The molecule has 1 atom stereocenters. The highest BCUT2D eigenvalue weighted by atomic mass is 32.2. The van der Waals surface area contributed by atoms with Gasteiger partial charge >= 0.3 is 5.97 Å². The van der Waals surface area contributed by atoms with Gasteiger partial charge in [-0.25, -0.2) is 4.79 Å². The fourth-order valence-corrected chi connectivity index (χ4v) is 3.50. The van der Waals surface area contributed by atoms with Gasteiger partial charge in [-0.1, -0.05) is 30.0 Å². The van der Waals surface area contributed by atoms with Gasteiger partial charge in [0.1, 0.15) is 10.4 Å². The van der Waals surface area contributed by atoms with Crippen molar-refractivity contribution in [2.24, 2.45) is 0 Å². The number of hydrogen-bond acceptors (Lipinski definition) is 6. The molecule has 3 rings (SSSR count). The van der Waals surface area contributed by atoms with Gasteiger partial charge in [-0.2, -0.15) is 0 Å². The molecule has 6 nitrogen and oxygen atoms in total. The SMILES string of the molecule is C[C@@H](C(=O)O)N1C(=O)/C(=C\c2ccc3c(c2)OCO3)SC1=S. The molecule has 8 heteroatoms. The maximum absolute atomic E-state index is 12.3. The number of carbonyl (C=O) groups excluding carboxylic acids is 1. The Bertz CT molecular complexity index is 715. The summed E-state index contributed by atoms with van der Waals surface area (Å²) in [4.78, 5) is 24.9. The van der Waals surface area contributed by atoms with E-state index in [2.05, 4.69) is 0 Å². The first-order valence-electron chi connectivity index (χ1n) is 6.37. The van der Waals surface area contributed by atoms with Gasteiger partial charge in [-0.3, -0.25) is 9.69 Å². The number of ether oxygens (including phenoxy) is 2. The Morgan fingerprint density at radius 3 is 2.91 bits per heavy atom. The average molecular weight is 337 g/mol. The molecular weight excluding hydrogens is 326 g/mol. The van der Waals surface area contributed by atoms with Crippen LogP contribution in [0.4, 0.5) is 0 Å². The van der Waals surface area contributed by atoms with E-state index < -0.39 is 17.9 Å². The zero-order valence-electron chi connectivity index (χ0n) is 11.4. The molecule has 0 bridgehead atoms. The molecule has 1 aromatic rings. The number of carbonyl (C=O) groups is 2. The summed E-state index contributed by atoms with van der Waals surface area (Å²) in [7, 11) is 0. The molecule has 0 spiro atoms. The highest BCUT2D eigenvalue weighted by molar-refractivity contribution is 8.26. The zero-order valence-corrected chi connectivity index (χ0v) is 13.1. The summed E-state index contributed by atoms with van der Waals surface area (Å²) in [6.07, 6.45) is 1.66.